The molecule has 0 saturated carbocycles. The number of nitrogens with one attached hydrogen (secondary N) is 1. The van der Waals surface area contributed by atoms with E-state index in [4.69, 9.17) is 5.11 Å². The second-order valence-electron chi connectivity index (χ2n) is 2.93. The molecule has 0 saturated heterocycles. The van der Waals surface area contributed by atoms with E-state index in [1.165, 1.54) is 18.2 Å². The lowest BCUT2D eigenvalue weighted by Gasteiger charge is -1.92. The molecule has 5 heteroatoms. The SMILES string of the molecule is O=C(O)Cc1[nH]nc2cc(F)ccc12. The second-order valence-corrected chi connectivity index (χ2v) is 2.93. The van der Waals surface area contributed by atoms with Crippen LogP contribution in [0.2, 0.25) is 0 Å². The second kappa shape index (κ2) is 3.10. The van der Waals surface area contributed by atoms with Crippen LogP contribution >= 0.6 is 0 Å². The lowest BCUT2D eigenvalue weighted by Crippen LogP contribution is -2.00. The molecule has 0 bridgehead atoms. The first kappa shape index (κ1) is 8.68. The molecule has 2 N–H and O–H groups in total. The molecule has 4 nitrogen and oxygen atoms in total. The first-order valence-electron chi connectivity index (χ1n) is 4.01. The topological polar surface area (TPSA) is 66.0 Å². The molecule has 0 spiro atoms. The zero-order valence-corrected chi connectivity index (χ0v) is 7.12. The minimum atomic E-state index is -0.945. The predicted molar refractivity (Wildman–Crippen MR) is 47.4 cm³/mol. The van der Waals surface area contributed by atoms with Gasteiger partial charge in [-0.15, -0.1) is 0 Å². The lowest BCUT2D eigenvalue weighted by molar-refractivity contribution is -0.136. The van der Waals surface area contributed by atoms with Gasteiger partial charge in [-0.25, -0.2) is 4.39 Å². The molecule has 0 aliphatic rings. The third kappa shape index (κ3) is 1.44. The fourth-order valence-corrected chi connectivity index (χ4v) is 1.33. The summed E-state index contributed by atoms with van der Waals surface area (Å²) >= 11 is 0. The van der Waals surface area contributed by atoms with E-state index in [-0.39, 0.29) is 12.2 Å². The smallest absolute Gasteiger partial charge is 0.309 e. The van der Waals surface area contributed by atoms with Crippen LogP contribution in [0.15, 0.2) is 18.2 Å². The number of nitrogens with zero attached hydrogens (tertiary/aromatic N) is 1. The van der Waals surface area contributed by atoms with Crippen molar-refractivity contribution in [1.29, 1.82) is 0 Å². The number of hydrogen-bond donors (Lipinski definition) is 2. The molecule has 0 aliphatic carbocycles. The van der Waals surface area contributed by atoms with Crippen molar-refractivity contribution in [2.75, 3.05) is 0 Å². The van der Waals surface area contributed by atoms with Crippen molar-refractivity contribution in [3.63, 3.8) is 0 Å². The molecule has 0 aliphatic heterocycles. The Hall–Kier alpha value is -1.91. The number of fused-ring (bicyclic) bond motifs is 1. The summed E-state index contributed by atoms with van der Waals surface area (Å²) in [6.45, 7) is 0. The van der Waals surface area contributed by atoms with Crippen molar-refractivity contribution < 1.29 is 14.3 Å². The lowest BCUT2D eigenvalue weighted by atomic mass is 10.2. The van der Waals surface area contributed by atoms with Crippen LogP contribution in [0.3, 0.4) is 0 Å². The standard InChI is InChI=1S/C9H7FN2O2/c10-5-1-2-6-7(3-5)11-12-8(6)4-9(13)14/h1-3H,4H2,(H,11,12)(H,13,14). The summed E-state index contributed by atoms with van der Waals surface area (Å²) in [5, 5.41) is 15.6. The average Bonchev–Trinajstić information content (AvgIpc) is 2.47. The highest BCUT2D eigenvalue weighted by Gasteiger charge is 2.08. The van der Waals surface area contributed by atoms with Crippen molar-refractivity contribution in [2.24, 2.45) is 0 Å². The third-order valence-electron chi connectivity index (χ3n) is 1.92. The Morgan fingerprint density at radius 1 is 1.57 bits per heavy atom. The highest BCUT2D eigenvalue weighted by molar-refractivity contribution is 5.84. The van der Waals surface area contributed by atoms with Crippen molar-refractivity contribution in [2.45, 2.75) is 6.42 Å². The minimum absolute atomic E-state index is 0.137. The largest absolute Gasteiger partial charge is 0.481 e. The molecule has 1 aromatic carbocycles. The maximum Gasteiger partial charge on any atom is 0.309 e. The Balaban J connectivity index is 2.52. The quantitative estimate of drug-likeness (QED) is 0.757. The van der Waals surface area contributed by atoms with E-state index in [2.05, 4.69) is 10.2 Å². The van der Waals surface area contributed by atoms with Gasteiger partial charge < -0.3 is 5.11 Å². The number of halogens is 1. The van der Waals surface area contributed by atoms with Crippen LogP contribution in [0.5, 0.6) is 0 Å². The zero-order chi connectivity index (χ0) is 10.1. The van der Waals surface area contributed by atoms with Gasteiger partial charge in [-0.3, -0.25) is 9.89 Å². The van der Waals surface area contributed by atoms with Crippen LogP contribution in [0.4, 0.5) is 4.39 Å². The van der Waals surface area contributed by atoms with Gasteiger partial charge in [-0.2, -0.15) is 5.10 Å². The van der Waals surface area contributed by atoms with Gasteiger partial charge in [0, 0.05) is 11.5 Å². The summed E-state index contributed by atoms with van der Waals surface area (Å²) in [5.41, 5.74) is 0.939. The molecule has 14 heavy (non-hydrogen) atoms. The number of rotatable bonds is 2. The molecular formula is C9H7FN2O2. The summed E-state index contributed by atoms with van der Waals surface area (Å²) in [5.74, 6) is -1.33. The molecule has 1 aromatic heterocycles. The van der Waals surface area contributed by atoms with Crippen LogP contribution in [-0.4, -0.2) is 21.3 Å². The van der Waals surface area contributed by atoms with Gasteiger partial charge in [-0.05, 0) is 12.1 Å². The molecule has 0 amide bonds. The van der Waals surface area contributed by atoms with Gasteiger partial charge in [0.15, 0.2) is 0 Å². The van der Waals surface area contributed by atoms with Gasteiger partial charge in [0.25, 0.3) is 0 Å². The van der Waals surface area contributed by atoms with Gasteiger partial charge in [0.1, 0.15) is 5.82 Å². The maximum absolute atomic E-state index is 12.7. The van der Waals surface area contributed by atoms with Crippen molar-refractivity contribution in [1.82, 2.24) is 10.2 Å². The summed E-state index contributed by atoms with van der Waals surface area (Å²) in [6, 6.07) is 4.06. The number of aromatic nitrogens is 2. The number of aliphatic carboxylic acids is 1. The van der Waals surface area contributed by atoms with E-state index in [1.54, 1.807) is 0 Å². The number of carboxylic acid groups (broad SMARTS) is 1. The van der Waals surface area contributed by atoms with Gasteiger partial charge >= 0.3 is 5.97 Å². The molecule has 2 aromatic rings. The molecule has 0 unspecified atom stereocenters. The van der Waals surface area contributed by atoms with Crippen LogP contribution in [0.1, 0.15) is 5.69 Å². The summed E-state index contributed by atoms with van der Waals surface area (Å²) in [4.78, 5) is 10.5. The molecule has 1 heterocycles. The number of H-pyrrole nitrogens is 1. The Labute approximate surface area is 78.4 Å². The van der Waals surface area contributed by atoms with Crippen LogP contribution in [0.25, 0.3) is 10.9 Å². The van der Waals surface area contributed by atoms with E-state index >= 15 is 0 Å². The monoisotopic (exact) mass is 194 g/mol. The summed E-state index contributed by atoms with van der Waals surface area (Å²) in [7, 11) is 0. The van der Waals surface area contributed by atoms with Gasteiger partial charge in [0.2, 0.25) is 0 Å². The summed E-state index contributed by atoms with van der Waals surface area (Å²) < 4.78 is 12.7. The van der Waals surface area contributed by atoms with Crippen molar-refractivity contribution in [3.05, 3.63) is 29.7 Å². The zero-order valence-electron chi connectivity index (χ0n) is 7.12. The first-order valence-corrected chi connectivity index (χ1v) is 4.01. The molecule has 0 fully saturated rings. The van der Waals surface area contributed by atoms with Crippen molar-refractivity contribution in [3.8, 4) is 0 Å². The average molecular weight is 194 g/mol. The molecule has 72 valence electrons. The minimum Gasteiger partial charge on any atom is -0.481 e. The Kier molecular flexibility index (Phi) is 1.92. The highest BCUT2D eigenvalue weighted by Crippen LogP contribution is 2.17. The fraction of sp³-hybridized carbons (Fsp3) is 0.111. The number of aromatic amines is 1. The summed E-state index contributed by atoms with van der Waals surface area (Å²) in [6.07, 6.45) is -0.137. The molecule has 0 radical (unpaired) electrons. The number of carboxylic acids is 1. The predicted octanol–water partition coefficient (Wildman–Crippen LogP) is 1.33. The van der Waals surface area contributed by atoms with Crippen LogP contribution in [0, 0.1) is 5.82 Å². The molecule has 0 atom stereocenters. The first-order chi connectivity index (χ1) is 6.66. The molecule has 2 rings (SSSR count). The van der Waals surface area contributed by atoms with Crippen LogP contribution in [-0.2, 0) is 11.2 Å². The maximum atomic E-state index is 12.7. The Morgan fingerprint density at radius 3 is 3.07 bits per heavy atom. The van der Waals surface area contributed by atoms with Crippen LogP contribution < -0.4 is 0 Å². The van der Waals surface area contributed by atoms with E-state index in [0.29, 0.717) is 16.6 Å². The Morgan fingerprint density at radius 2 is 2.36 bits per heavy atom. The molecular weight excluding hydrogens is 187 g/mol. The number of carbonyl (C=O) groups is 1. The van der Waals surface area contributed by atoms with Gasteiger partial charge in [0.05, 0.1) is 17.6 Å². The number of hydrogen-bond acceptors (Lipinski definition) is 2. The van der Waals surface area contributed by atoms with Crippen molar-refractivity contribution >= 4 is 16.9 Å². The highest BCUT2D eigenvalue weighted by atomic mass is 19.1. The Bertz CT molecular complexity index is 493. The van der Waals surface area contributed by atoms with E-state index in [0.717, 1.165) is 0 Å². The van der Waals surface area contributed by atoms with E-state index < -0.39 is 5.97 Å². The normalized spacial score (nSPS) is 10.6. The number of benzene rings is 1. The third-order valence-corrected chi connectivity index (χ3v) is 1.92. The van der Waals surface area contributed by atoms with E-state index in [1.807, 2.05) is 0 Å². The van der Waals surface area contributed by atoms with Gasteiger partial charge in [-0.1, -0.05) is 0 Å². The fourth-order valence-electron chi connectivity index (χ4n) is 1.33. The van der Waals surface area contributed by atoms with E-state index in [9.17, 15) is 9.18 Å².